The number of Topliss-reactive ketones (excluding diaryl/α,β-unsaturated/α-hetero) is 1. The SMILES string of the molecule is CCC(=O)c1ccc(Sc2ccc(C)cc2)cc1. The molecule has 0 N–H and O–H groups in total. The number of benzene rings is 2. The van der Waals surface area contributed by atoms with Crippen LogP contribution in [0.1, 0.15) is 29.3 Å². The number of ketones is 1. The van der Waals surface area contributed by atoms with E-state index in [1.54, 1.807) is 11.8 Å². The first kappa shape index (κ1) is 12.9. The van der Waals surface area contributed by atoms with Crippen molar-refractivity contribution in [1.82, 2.24) is 0 Å². The molecule has 2 rings (SSSR count). The molecule has 0 aliphatic heterocycles. The topological polar surface area (TPSA) is 17.1 Å². The van der Waals surface area contributed by atoms with Crippen LogP contribution < -0.4 is 0 Å². The van der Waals surface area contributed by atoms with Gasteiger partial charge in [-0.05, 0) is 31.2 Å². The van der Waals surface area contributed by atoms with Crippen LogP contribution >= 0.6 is 11.8 Å². The number of carbonyl (C=O) groups excluding carboxylic acids is 1. The molecule has 0 aromatic heterocycles. The molecule has 1 nitrogen and oxygen atoms in total. The average Bonchev–Trinajstić information content (AvgIpc) is 2.41. The Morgan fingerprint density at radius 2 is 1.44 bits per heavy atom. The Hall–Kier alpha value is -1.54. The van der Waals surface area contributed by atoms with Crippen LogP contribution in [0.25, 0.3) is 0 Å². The molecule has 0 fully saturated rings. The highest BCUT2D eigenvalue weighted by atomic mass is 32.2. The van der Waals surface area contributed by atoms with E-state index in [4.69, 9.17) is 0 Å². The molecule has 0 spiro atoms. The highest BCUT2D eigenvalue weighted by Crippen LogP contribution is 2.27. The first-order valence-electron chi connectivity index (χ1n) is 6.07. The summed E-state index contributed by atoms with van der Waals surface area (Å²) < 4.78 is 0. The van der Waals surface area contributed by atoms with Crippen LogP contribution in [0, 0.1) is 6.92 Å². The highest BCUT2D eigenvalue weighted by Gasteiger charge is 2.03. The van der Waals surface area contributed by atoms with E-state index in [0.717, 1.165) is 10.5 Å². The third-order valence-electron chi connectivity index (χ3n) is 2.75. The molecule has 0 saturated carbocycles. The summed E-state index contributed by atoms with van der Waals surface area (Å²) in [7, 11) is 0. The Kier molecular flexibility index (Phi) is 4.21. The lowest BCUT2D eigenvalue weighted by Gasteiger charge is -2.03. The van der Waals surface area contributed by atoms with E-state index in [1.807, 2.05) is 31.2 Å². The van der Waals surface area contributed by atoms with Gasteiger partial charge in [0, 0.05) is 21.8 Å². The Bertz CT molecular complexity index is 526. The third-order valence-corrected chi connectivity index (χ3v) is 3.77. The predicted molar refractivity (Wildman–Crippen MR) is 76.4 cm³/mol. The van der Waals surface area contributed by atoms with Crippen LogP contribution in [0.2, 0.25) is 0 Å². The van der Waals surface area contributed by atoms with E-state index in [9.17, 15) is 4.79 Å². The maximum absolute atomic E-state index is 11.5. The highest BCUT2D eigenvalue weighted by molar-refractivity contribution is 7.99. The van der Waals surface area contributed by atoms with Crippen molar-refractivity contribution in [1.29, 1.82) is 0 Å². The molecule has 0 aliphatic carbocycles. The van der Waals surface area contributed by atoms with Gasteiger partial charge in [0.1, 0.15) is 0 Å². The zero-order chi connectivity index (χ0) is 13.0. The van der Waals surface area contributed by atoms with Crippen molar-refractivity contribution in [3.05, 3.63) is 59.7 Å². The van der Waals surface area contributed by atoms with E-state index in [-0.39, 0.29) is 5.78 Å². The third kappa shape index (κ3) is 3.23. The van der Waals surface area contributed by atoms with Gasteiger partial charge in [0.25, 0.3) is 0 Å². The smallest absolute Gasteiger partial charge is 0.162 e. The van der Waals surface area contributed by atoms with E-state index in [2.05, 4.69) is 31.2 Å². The van der Waals surface area contributed by atoms with Crippen LogP contribution in [0.3, 0.4) is 0 Å². The molecule has 2 aromatic rings. The second-order valence-electron chi connectivity index (χ2n) is 4.22. The molecule has 0 amide bonds. The van der Waals surface area contributed by atoms with E-state index < -0.39 is 0 Å². The minimum Gasteiger partial charge on any atom is -0.294 e. The normalized spacial score (nSPS) is 10.3. The van der Waals surface area contributed by atoms with Crippen molar-refractivity contribution in [2.24, 2.45) is 0 Å². The summed E-state index contributed by atoms with van der Waals surface area (Å²) >= 11 is 1.71. The molecule has 0 heterocycles. The van der Waals surface area contributed by atoms with Crippen molar-refractivity contribution in [2.75, 3.05) is 0 Å². The molecule has 0 bridgehead atoms. The van der Waals surface area contributed by atoms with Crippen molar-refractivity contribution < 1.29 is 4.79 Å². The van der Waals surface area contributed by atoms with E-state index >= 15 is 0 Å². The summed E-state index contributed by atoms with van der Waals surface area (Å²) in [6.07, 6.45) is 0.560. The summed E-state index contributed by atoms with van der Waals surface area (Å²) in [5, 5.41) is 0. The maximum atomic E-state index is 11.5. The first-order valence-corrected chi connectivity index (χ1v) is 6.88. The van der Waals surface area contributed by atoms with E-state index in [0.29, 0.717) is 6.42 Å². The molecule has 0 atom stereocenters. The Balaban J connectivity index is 2.10. The van der Waals surface area contributed by atoms with Gasteiger partial charge in [-0.1, -0.05) is 48.5 Å². The molecule has 0 unspecified atom stereocenters. The number of hydrogen-bond donors (Lipinski definition) is 0. The molecule has 18 heavy (non-hydrogen) atoms. The van der Waals surface area contributed by atoms with Crippen LogP contribution in [0.5, 0.6) is 0 Å². The van der Waals surface area contributed by atoms with Gasteiger partial charge in [-0.2, -0.15) is 0 Å². The van der Waals surface area contributed by atoms with Gasteiger partial charge in [-0.25, -0.2) is 0 Å². The van der Waals surface area contributed by atoms with Gasteiger partial charge in [0.15, 0.2) is 5.78 Å². The van der Waals surface area contributed by atoms with Crippen molar-refractivity contribution in [3.63, 3.8) is 0 Å². The Labute approximate surface area is 112 Å². The van der Waals surface area contributed by atoms with Crippen molar-refractivity contribution in [2.45, 2.75) is 30.1 Å². The molecular weight excluding hydrogens is 240 g/mol. The number of aryl methyl sites for hydroxylation is 1. The Morgan fingerprint density at radius 1 is 0.944 bits per heavy atom. The van der Waals surface area contributed by atoms with Gasteiger partial charge >= 0.3 is 0 Å². The fraction of sp³-hybridized carbons (Fsp3) is 0.188. The largest absolute Gasteiger partial charge is 0.294 e. The summed E-state index contributed by atoms with van der Waals surface area (Å²) in [5.74, 6) is 0.196. The monoisotopic (exact) mass is 256 g/mol. The quantitative estimate of drug-likeness (QED) is 0.735. The second kappa shape index (κ2) is 5.87. The molecule has 0 aliphatic rings. The van der Waals surface area contributed by atoms with Gasteiger partial charge in [0.2, 0.25) is 0 Å². The molecule has 92 valence electrons. The molecule has 2 heteroatoms. The van der Waals surface area contributed by atoms with Crippen LogP contribution in [-0.2, 0) is 0 Å². The van der Waals surface area contributed by atoms with Gasteiger partial charge in [-0.15, -0.1) is 0 Å². The summed E-state index contributed by atoms with van der Waals surface area (Å²) in [5.41, 5.74) is 2.06. The molecule has 0 saturated heterocycles. The zero-order valence-corrected chi connectivity index (χ0v) is 11.5. The van der Waals surface area contributed by atoms with Crippen molar-refractivity contribution >= 4 is 17.5 Å². The lowest BCUT2D eigenvalue weighted by Crippen LogP contribution is -1.95. The predicted octanol–water partition coefficient (Wildman–Crippen LogP) is 4.74. The summed E-state index contributed by atoms with van der Waals surface area (Å²) in [6.45, 7) is 3.97. The minimum atomic E-state index is 0.196. The van der Waals surface area contributed by atoms with Gasteiger partial charge < -0.3 is 0 Å². The molecule has 2 aromatic carbocycles. The fourth-order valence-corrected chi connectivity index (χ4v) is 2.47. The van der Waals surface area contributed by atoms with Gasteiger partial charge in [0.05, 0.1) is 0 Å². The van der Waals surface area contributed by atoms with E-state index in [1.165, 1.54) is 10.5 Å². The molecule has 0 radical (unpaired) electrons. The zero-order valence-electron chi connectivity index (χ0n) is 10.6. The minimum absolute atomic E-state index is 0.196. The van der Waals surface area contributed by atoms with Gasteiger partial charge in [-0.3, -0.25) is 4.79 Å². The lowest BCUT2D eigenvalue weighted by atomic mass is 10.1. The summed E-state index contributed by atoms with van der Waals surface area (Å²) in [6, 6.07) is 16.3. The summed E-state index contributed by atoms with van der Waals surface area (Å²) in [4.78, 5) is 13.9. The van der Waals surface area contributed by atoms with Crippen LogP contribution in [0.15, 0.2) is 58.3 Å². The number of carbonyl (C=O) groups is 1. The van der Waals surface area contributed by atoms with Crippen LogP contribution in [-0.4, -0.2) is 5.78 Å². The number of rotatable bonds is 4. The van der Waals surface area contributed by atoms with Crippen molar-refractivity contribution in [3.8, 4) is 0 Å². The first-order chi connectivity index (χ1) is 8.69. The second-order valence-corrected chi connectivity index (χ2v) is 5.36. The standard InChI is InChI=1S/C16H16OS/c1-3-16(17)13-6-10-15(11-7-13)18-14-8-4-12(2)5-9-14/h4-11H,3H2,1-2H3. The molecular formula is C16H16OS. The number of hydrogen-bond acceptors (Lipinski definition) is 2. The Morgan fingerprint density at radius 3 is 1.94 bits per heavy atom. The lowest BCUT2D eigenvalue weighted by molar-refractivity contribution is 0.0988. The average molecular weight is 256 g/mol. The maximum Gasteiger partial charge on any atom is 0.162 e. The van der Waals surface area contributed by atoms with Crippen LogP contribution in [0.4, 0.5) is 0 Å². The fourth-order valence-electron chi connectivity index (χ4n) is 1.66.